The Morgan fingerprint density at radius 2 is 1.76 bits per heavy atom. The second kappa shape index (κ2) is 12.0. The van der Waals surface area contributed by atoms with E-state index < -0.39 is 34.3 Å². The van der Waals surface area contributed by atoms with E-state index in [1.807, 2.05) is 6.92 Å². The van der Waals surface area contributed by atoms with Gasteiger partial charge in [-0.05, 0) is 43.2 Å². The lowest BCUT2D eigenvalue weighted by Gasteiger charge is -2.31. The maximum atomic E-state index is 14.4. The number of rotatable bonds is 11. The van der Waals surface area contributed by atoms with E-state index in [-0.39, 0.29) is 18.1 Å². The molecule has 0 saturated carbocycles. The number of halogens is 2. The van der Waals surface area contributed by atoms with Crippen molar-refractivity contribution in [2.75, 3.05) is 23.7 Å². The molecule has 33 heavy (non-hydrogen) atoms. The summed E-state index contributed by atoms with van der Waals surface area (Å²) in [4.78, 5) is 27.3. The van der Waals surface area contributed by atoms with Crippen LogP contribution in [0.5, 0.6) is 0 Å². The molecule has 2 aromatic rings. The molecule has 0 bridgehead atoms. The molecular formula is C23H29ClFN3O4S. The number of unbranched alkanes of at least 4 members (excludes halogenated alkanes) is 1. The van der Waals surface area contributed by atoms with Gasteiger partial charge in [-0.3, -0.25) is 13.9 Å². The Kier molecular flexibility index (Phi) is 9.67. The van der Waals surface area contributed by atoms with Crippen LogP contribution in [0.3, 0.4) is 0 Å². The van der Waals surface area contributed by atoms with Crippen molar-refractivity contribution in [1.29, 1.82) is 0 Å². The zero-order chi connectivity index (χ0) is 24.6. The summed E-state index contributed by atoms with van der Waals surface area (Å²) in [5.74, 6) is -1.77. The van der Waals surface area contributed by atoms with Gasteiger partial charge in [-0.15, -0.1) is 0 Å². The number of amides is 2. The van der Waals surface area contributed by atoms with Crippen LogP contribution in [0.2, 0.25) is 5.02 Å². The lowest BCUT2D eigenvalue weighted by Crippen LogP contribution is -2.51. The molecular weight excluding hydrogens is 469 g/mol. The molecule has 0 aromatic heterocycles. The van der Waals surface area contributed by atoms with Gasteiger partial charge in [0.2, 0.25) is 21.8 Å². The number of para-hydroxylation sites is 1. The molecule has 0 heterocycles. The first kappa shape index (κ1) is 26.6. The first-order chi connectivity index (χ1) is 15.5. The number of nitrogens with zero attached hydrogens (tertiary/aromatic N) is 2. The predicted octanol–water partition coefficient (Wildman–Crippen LogP) is 3.58. The van der Waals surface area contributed by atoms with Gasteiger partial charge < -0.3 is 10.2 Å². The van der Waals surface area contributed by atoms with E-state index >= 15 is 0 Å². The fraction of sp³-hybridized carbons (Fsp3) is 0.391. The minimum atomic E-state index is -3.98. The Balaban J connectivity index is 2.34. The summed E-state index contributed by atoms with van der Waals surface area (Å²) in [7, 11) is -3.98. The van der Waals surface area contributed by atoms with Crippen molar-refractivity contribution in [2.45, 2.75) is 39.3 Å². The third-order valence-corrected chi connectivity index (χ3v) is 6.44. The van der Waals surface area contributed by atoms with Crippen LogP contribution < -0.4 is 9.62 Å². The summed E-state index contributed by atoms with van der Waals surface area (Å²) in [6.07, 6.45) is 2.59. The third-order valence-electron chi connectivity index (χ3n) is 5.06. The van der Waals surface area contributed by atoms with Gasteiger partial charge in [0.05, 0.1) is 11.9 Å². The molecule has 180 valence electrons. The number of carbonyl (C=O) groups is 2. The molecule has 2 rings (SSSR count). The van der Waals surface area contributed by atoms with Crippen LogP contribution in [0.4, 0.5) is 10.1 Å². The lowest BCUT2D eigenvalue weighted by molar-refractivity contribution is -0.139. The highest BCUT2D eigenvalue weighted by Gasteiger charge is 2.30. The van der Waals surface area contributed by atoms with Crippen molar-refractivity contribution in [3.63, 3.8) is 0 Å². The maximum absolute atomic E-state index is 14.4. The molecule has 1 N–H and O–H groups in total. The number of carbonyl (C=O) groups excluding carboxylic acids is 2. The van der Waals surface area contributed by atoms with Crippen LogP contribution in [0.15, 0.2) is 48.5 Å². The third kappa shape index (κ3) is 7.71. The predicted molar refractivity (Wildman–Crippen MR) is 128 cm³/mol. The molecule has 0 unspecified atom stereocenters. The number of hydrogen-bond acceptors (Lipinski definition) is 4. The Labute approximate surface area is 199 Å². The smallest absolute Gasteiger partial charge is 0.244 e. The monoisotopic (exact) mass is 497 g/mol. The number of hydrogen-bond donors (Lipinski definition) is 1. The molecule has 7 nitrogen and oxygen atoms in total. The molecule has 0 fully saturated rings. The highest BCUT2D eigenvalue weighted by atomic mass is 35.5. The summed E-state index contributed by atoms with van der Waals surface area (Å²) >= 11 is 5.94. The van der Waals surface area contributed by atoms with Gasteiger partial charge in [-0.1, -0.05) is 49.2 Å². The van der Waals surface area contributed by atoms with E-state index in [4.69, 9.17) is 11.6 Å². The molecule has 0 aliphatic carbocycles. The van der Waals surface area contributed by atoms with Gasteiger partial charge in [0.1, 0.15) is 18.4 Å². The fourth-order valence-corrected chi connectivity index (χ4v) is 4.13. The lowest BCUT2D eigenvalue weighted by atomic mass is 10.1. The summed E-state index contributed by atoms with van der Waals surface area (Å²) in [6.45, 7) is 3.43. The molecule has 0 aliphatic heterocycles. The van der Waals surface area contributed by atoms with Crippen LogP contribution in [0, 0.1) is 5.82 Å². The Morgan fingerprint density at radius 1 is 1.12 bits per heavy atom. The molecule has 10 heteroatoms. The van der Waals surface area contributed by atoms with Gasteiger partial charge in [-0.2, -0.15) is 0 Å². The molecule has 1 atom stereocenters. The Morgan fingerprint density at radius 3 is 2.33 bits per heavy atom. The quantitative estimate of drug-likeness (QED) is 0.481. The van der Waals surface area contributed by atoms with Crippen molar-refractivity contribution >= 4 is 39.1 Å². The highest BCUT2D eigenvalue weighted by Crippen LogP contribution is 2.22. The first-order valence-electron chi connectivity index (χ1n) is 10.6. The van der Waals surface area contributed by atoms with Gasteiger partial charge in [0.25, 0.3) is 0 Å². The Hall–Kier alpha value is -2.65. The van der Waals surface area contributed by atoms with E-state index in [1.165, 1.54) is 23.1 Å². The summed E-state index contributed by atoms with van der Waals surface area (Å²) in [5, 5.41) is 3.31. The van der Waals surface area contributed by atoms with Crippen LogP contribution >= 0.6 is 11.6 Å². The van der Waals surface area contributed by atoms with Crippen LogP contribution in [-0.2, 0) is 26.2 Å². The topological polar surface area (TPSA) is 86.8 Å². The van der Waals surface area contributed by atoms with Gasteiger partial charge in [0, 0.05) is 18.1 Å². The summed E-state index contributed by atoms with van der Waals surface area (Å²) in [5.41, 5.74) is 0.470. The fourth-order valence-electron chi connectivity index (χ4n) is 3.15. The van der Waals surface area contributed by atoms with Gasteiger partial charge >= 0.3 is 0 Å². The van der Waals surface area contributed by atoms with Crippen LogP contribution in [-0.4, -0.2) is 50.5 Å². The minimum absolute atomic E-state index is 0.0488. The van der Waals surface area contributed by atoms with E-state index in [0.717, 1.165) is 25.2 Å². The van der Waals surface area contributed by atoms with E-state index in [9.17, 15) is 22.4 Å². The molecule has 2 aromatic carbocycles. The number of sulfonamides is 1. The van der Waals surface area contributed by atoms with Crippen molar-refractivity contribution in [2.24, 2.45) is 0 Å². The SMILES string of the molecule is CCCCNC(=O)[C@@H](C)N(Cc1ccc(Cl)cc1)C(=O)CN(c1ccccc1F)S(C)(=O)=O. The summed E-state index contributed by atoms with van der Waals surface area (Å²) in [6, 6.07) is 11.2. The largest absolute Gasteiger partial charge is 0.354 e. The Bertz CT molecular complexity index is 1060. The molecule has 0 spiro atoms. The van der Waals surface area contributed by atoms with E-state index in [1.54, 1.807) is 31.2 Å². The zero-order valence-corrected chi connectivity index (χ0v) is 20.5. The summed E-state index contributed by atoms with van der Waals surface area (Å²) < 4.78 is 39.9. The van der Waals surface area contributed by atoms with E-state index in [0.29, 0.717) is 21.4 Å². The molecule has 0 radical (unpaired) electrons. The normalized spacial score (nSPS) is 12.2. The standard InChI is InChI=1S/C23H29ClFN3O4S/c1-4-5-14-26-23(30)17(2)27(15-18-10-12-19(24)13-11-18)22(29)16-28(33(3,31)32)21-9-7-6-8-20(21)25/h6-13,17H,4-5,14-16H2,1-3H3,(H,26,30)/t17-/m1/s1. The zero-order valence-electron chi connectivity index (χ0n) is 18.9. The van der Waals surface area contributed by atoms with Crippen molar-refractivity contribution in [3.05, 3.63) is 64.9 Å². The van der Waals surface area contributed by atoms with Gasteiger partial charge in [-0.25, -0.2) is 12.8 Å². The highest BCUT2D eigenvalue weighted by molar-refractivity contribution is 7.92. The second-order valence-corrected chi connectivity index (χ2v) is 10.0. The van der Waals surface area contributed by atoms with Crippen molar-refractivity contribution in [1.82, 2.24) is 10.2 Å². The van der Waals surface area contributed by atoms with Crippen molar-refractivity contribution < 1.29 is 22.4 Å². The average molecular weight is 498 g/mol. The molecule has 0 saturated heterocycles. The van der Waals surface area contributed by atoms with Gasteiger partial charge in [0.15, 0.2) is 0 Å². The first-order valence-corrected chi connectivity index (χ1v) is 12.8. The average Bonchev–Trinajstić information content (AvgIpc) is 2.76. The maximum Gasteiger partial charge on any atom is 0.244 e. The van der Waals surface area contributed by atoms with Crippen molar-refractivity contribution in [3.8, 4) is 0 Å². The number of nitrogens with one attached hydrogen (secondary N) is 1. The van der Waals surface area contributed by atoms with Crippen LogP contribution in [0.25, 0.3) is 0 Å². The van der Waals surface area contributed by atoms with Crippen LogP contribution in [0.1, 0.15) is 32.3 Å². The number of anilines is 1. The van der Waals surface area contributed by atoms with E-state index in [2.05, 4.69) is 5.32 Å². The number of benzene rings is 2. The molecule has 0 aliphatic rings. The second-order valence-electron chi connectivity index (χ2n) is 7.69. The minimum Gasteiger partial charge on any atom is -0.354 e. The molecule has 2 amide bonds.